The molecule has 14 heavy (non-hydrogen) atoms. The van der Waals surface area contributed by atoms with Crippen molar-refractivity contribution < 1.29 is 9.84 Å². The van der Waals surface area contributed by atoms with Gasteiger partial charge in [-0.15, -0.1) is 0 Å². The molecule has 0 fully saturated rings. The fourth-order valence-corrected chi connectivity index (χ4v) is 2.51. The summed E-state index contributed by atoms with van der Waals surface area (Å²) in [5.41, 5.74) is 1.24. The van der Waals surface area contributed by atoms with Crippen LogP contribution in [0.2, 0.25) is 0 Å². The van der Waals surface area contributed by atoms with Crippen molar-refractivity contribution >= 4 is 25.0 Å². The van der Waals surface area contributed by atoms with E-state index in [4.69, 9.17) is 9.84 Å². The number of halogens is 1. The quantitative estimate of drug-likeness (QED) is 0.900. The molecule has 0 aliphatic carbocycles. The fraction of sp³-hybridized carbons (Fsp3) is 0.400. The number of aryl methyl sites for hydroxylation is 1. The topological polar surface area (TPSA) is 29.5 Å². The zero-order chi connectivity index (χ0) is 9.97. The number of hydrogen-bond acceptors (Lipinski definition) is 3. The van der Waals surface area contributed by atoms with Crippen LogP contribution in [-0.4, -0.2) is 17.8 Å². The summed E-state index contributed by atoms with van der Waals surface area (Å²) in [6.45, 7) is 0.106. The third-order valence-electron chi connectivity index (χ3n) is 2.35. The summed E-state index contributed by atoms with van der Waals surface area (Å²) >= 11 is 3.35. The summed E-state index contributed by atoms with van der Waals surface area (Å²) in [5.74, 6) is 0.917. The first-order chi connectivity index (χ1) is 6.83. The van der Waals surface area contributed by atoms with Crippen LogP contribution in [0, 0.1) is 0 Å². The Balaban J connectivity index is 2.23. The van der Waals surface area contributed by atoms with Crippen molar-refractivity contribution in [1.29, 1.82) is 0 Å². The Morgan fingerprint density at radius 2 is 2.43 bits per heavy atom. The number of aliphatic hydroxyl groups is 1. The summed E-state index contributed by atoms with van der Waals surface area (Å²) in [4.78, 5) is 1.19. The maximum atomic E-state index is 8.98. The molecule has 1 aliphatic rings. The molecule has 1 aromatic carbocycles. The van der Waals surface area contributed by atoms with Crippen molar-refractivity contribution in [3.63, 3.8) is 0 Å². The minimum absolute atomic E-state index is 0.0232. The predicted octanol–water partition coefficient (Wildman–Crippen LogP) is 2.77. The molecule has 1 unspecified atom stereocenters. The lowest BCUT2D eigenvalue weighted by Gasteiger charge is -2.24. The van der Waals surface area contributed by atoms with Gasteiger partial charge in [0.1, 0.15) is 11.9 Å². The van der Waals surface area contributed by atoms with Gasteiger partial charge in [0.2, 0.25) is 0 Å². The summed E-state index contributed by atoms with van der Waals surface area (Å²) in [5, 5.41) is 8.98. The van der Waals surface area contributed by atoms with Crippen molar-refractivity contribution in [3.05, 3.63) is 23.8 Å². The van der Waals surface area contributed by atoms with Crippen LogP contribution in [0.3, 0.4) is 0 Å². The van der Waals surface area contributed by atoms with E-state index in [1.807, 2.05) is 12.1 Å². The number of ether oxygens (including phenoxy) is 1. The molecular formula is C10H11BrO2S. The van der Waals surface area contributed by atoms with E-state index in [0.717, 1.165) is 18.6 Å². The van der Waals surface area contributed by atoms with Crippen LogP contribution in [0.15, 0.2) is 23.1 Å². The van der Waals surface area contributed by atoms with Gasteiger partial charge in [0.05, 0.1) is 6.61 Å². The molecule has 0 saturated carbocycles. The molecule has 1 aliphatic heterocycles. The second-order valence-electron chi connectivity index (χ2n) is 3.31. The summed E-state index contributed by atoms with van der Waals surface area (Å²) in [7, 11) is 1.56. The fourth-order valence-electron chi connectivity index (χ4n) is 1.60. The monoisotopic (exact) mass is 274 g/mol. The minimum atomic E-state index is -0.0232. The molecular weight excluding hydrogens is 264 g/mol. The summed E-state index contributed by atoms with van der Waals surface area (Å²) in [6, 6.07) is 6.11. The molecule has 0 radical (unpaired) electrons. The zero-order valence-electron chi connectivity index (χ0n) is 7.57. The maximum Gasteiger partial charge on any atom is 0.123 e. The number of benzene rings is 1. The number of fused-ring (bicyclic) bond motifs is 1. The molecule has 0 saturated heterocycles. The lowest BCUT2D eigenvalue weighted by molar-refractivity contribution is 0.0977. The van der Waals surface area contributed by atoms with Crippen LogP contribution in [-0.2, 0) is 6.42 Å². The number of hydrogen-bond donors (Lipinski definition) is 1. The molecule has 4 heteroatoms. The van der Waals surface area contributed by atoms with Gasteiger partial charge < -0.3 is 9.84 Å². The van der Waals surface area contributed by atoms with E-state index in [1.54, 1.807) is 10.2 Å². The highest BCUT2D eigenvalue weighted by atomic mass is 79.9. The highest BCUT2D eigenvalue weighted by Crippen LogP contribution is 2.33. The first-order valence-corrected chi connectivity index (χ1v) is 7.18. The van der Waals surface area contributed by atoms with Gasteiger partial charge in [-0.2, -0.15) is 0 Å². The molecule has 0 bridgehead atoms. The van der Waals surface area contributed by atoms with Crippen LogP contribution < -0.4 is 4.74 Å². The molecule has 2 rings (SSSR count). The van der Waals surface area contributed by atoms with Crippen molar-refractivity contribution in [2.24, 2.45) is 0 Å². The first-order valence-electron chi connectivity index (χ1n) is 4.52. The van der Waals surface area contributed by atoms with Gasteiger partial charge in [0.15, 0.2) is 0 Å². The van der Waals surface area contributed by atoms with E-state index >= 15 is 0 Å². The maximum absolute atomic E-state index is 8.98. The van der Waals surface area contributed by atoms with E-state index in [9.17, 15) is 0 Å². The smallest absolute Gasteiger partial charge is 0.123 e. The van der Waals surface area contributed by atoms with E-state index in [2.05, 4.69) is 20.9 Å². The van der Waals surface area contributed by atoms with Gasteiger partial charge in [0.25, 0.3) is 0 Å². The van der Waals surface area contributed by atoms with Gasteiger partial charge in [-0.1, -0.05) is 0 Å². The van der Waals surface area contributed by atoms with E-state index in [-0.39, 0.29) is 12.7 Å². The molecule has 1 atom stereocenters. The Hall–Kier alpha value is -0.190. The molecule has 1 N–H and O–H groups in total. The standard InChI is InChI=1S/C10H11BrO2S/c11-14-9-3-4-10-7(5-9)1-2-8(6-12)13-10/h3-5,8,12H,1-2,6H2. The Labute approximate surface area is 94.9 Å². The minimum Gasteiger partial charge on any atom is -0.488 e. The molecule has 1 heterocycles. The van der Waals surface area contributed by atoms with E-state index in [1.165, 1.54) is 10.5 Å². The first kappa shape index (κ1) is 10.3. The highest BCUT2D eigenvalue weighted by molar-refractivity contribution is 9.50. The van der Waals surface area contributed by atoms with Gasteiger partial charge in [-0.3, -0.25) is 0 Å². The van der Waals surface area contributed by atoms with Crippen LogP contribution in [0.25, 0.3) is 0 Å². The molecule has 0 aromatic heterocycles. The predicted molar refractivity (Wildman–Crippen MR) is 61.0 cm³/mol. The SMILES string of the molecule is OCC1CCc2cc(SBr)ccc2O1. The number of rotatable bonds is 2. The normalized spacial score (nSPS) is 20.0. The zero-order valence-corrected chi connectivity index (χ0v) is 9.97. The van der Waals surface area contributed by atoms with Crippen LogP contribution in [0.4, 0.5) is 0 Å². The van der Waals surface area contributed by atoms with Crippen molar-refractivity contribution in [3.8, 4) is 5.75 Å². The van der Waals surface area contributed by atoms with E-state index in [0.29, 0.717) is 0 Å². The Morgan fingerprint density at radius 1 is 1.57 bits per heavy atom. The van der Waals surface area contributed by atoms with Crippen LogP contribution in [0.5, 0.6) is 5.75 Å². The van der Waals surface area contributed by atoms with Crippen molar-refractivity contribution in [1.82, 2.24) is 0 Å². The summed E-state index contributed by atoms with van der Waals surface area (Å²) < 4.78 is 5.61. The second kappa shape index (κ2) is 4.55. The Bertz CT molecular complexity index is 330. The largest absolute Gasteiger partial charge is 0.488 e. The second-order valence-corrected chi connectivity index (χ2v) is 4.90. The van der Waals surface area contributed by atoms with Crippen LogP contribution in [0.1, 0.15) is 12.0 Å². The van der Waals surface area contributed by atoms with Gasteiger partial charge in [-0.05, 0) is 61.6 Å². The third-order valence-corrected chi connectivity index (χ3v) is 3.91. The number of aliphatic hydroxyl groups excluding tert-OH is 1. The lowest BCUT2D eigenvalue weighted by atomic mass is 10.0. The van der Waals surface area contributed by atoms with Crippen molar-refractivity contribution in [2.75, 3.05) is 6.61 Å². The van der Waals surface area contributed by atoms with Gasteiger partial charge in [0, 0.05) is 4.90 Å². The molecule has 76 valence electrons. The van der Waals surface area contributed by atoms with E-state index < -0.39 is 0 Å². The lowest BCUT2D eigenvalue weighted by Crippen LogP contribution is -2.25. The molecule has 0 amide bonds. The highest BCUT2D eigenvalue weighted by Gasteiger charge is 2.18. The Morgan fingerprint density at radius 3 is 3.14 bits per heavy atom. The molecule has 2 nitrogen and oxygen atoms in total. The van der Waals surface area contributed by atoms with Crippen LogP contribution >= 0.6 is 25.0 Å². The molecule has 0 spiro atoms. The van der Waals surface area contributed by atoms with Gasteiger partial charge in [-0.25, -0.2) is 0 Å². The van der Waals surface area contributed by atoms with Gasteiger partial charge >= 0.3 is 0 Å². The van der Waals surface area contributed by atoms with Crippen molar-refractivity contribution in [2.45, 2.75) is 23.8 Å². The average Bonchev–Trinajstić information content (AvgIpc) is 2.27. The molecule has 1 aromatic rings. The Kier molecular flexibility index (Phi) is 3.36. The third kappa shape index (κ3) is 2.07. The average molecular weight is 275 g/mol. The summed E-state index contributed by atoms with van der Waals surface area (Å²) in [6.07, 6.45) is 1.87.